The number of anilines is 2. The second-order valence-electron chi connectivity index (χ2n) is 8.01. The summed E-state index contributed by atoms with van der Waals surface area (Å²) in [6.07, 6.45) is 3.20. The number of carbonyl (C=O) groups is 3. The van der Waals surface area contributed by atoms with Gasteiger partial charge in [-0.1, -0.05) is 31.0 Å². The van der Waals surface area contributed by atoms with Crippen molar-refractivity contribution in [2.75, 3.05) is 10.6 Å². The molecular weight excluding hydrogens is 385 g/mol. The lowest BCUT2D eigenvalue weighted by molar-refractivity contribution is -0.150. The van der Waals surface area contributed by atoms with E-state index >= 15 is 0 Å². The lowest BCUT2D eigenvalue weighted by Crippen LogP contribution is -2.59. The van der Waals surface area contributed by atoms with E-state index in [2.05, 4.69) is 10.6 Å². The number of carbonyl (C=O) groups excluding carboxylic acids is 3. The van der Waals surface area contributed by atoms with Gasteiger partial charge in [0.25, 0.3) is 5.91 Å². The fourth-order valence-electron chi connectivity index (χ4n) is 4.56. The molecule has 0 bridgehead atoms. The second-order valence-corrected chi connectivity index (χ2v) is 8.01. The number of nitrogens with zero attached hydrogens (tertiary/aromatic N) is 1. The molecule has 1 unspecified atom stereocenters. The predicted octanol–water partition coefficient (Wildman–Crippen LogP) is 3.79. The van der Waals surface area contributed by atoms with Crippen molar-refractivity contribution in [2.45, 2.75) is 50.6 Å². The van der Waals surface area contributed by atoms with Crippen LogP contribution < -0.4 is 10.6 Å². The maximum atomic E-state index is 13.7. The highest BCUT2D eigenvalue weighted by Crippen LogP contribution is 2.41. The largest absolute Gasteiger partial charge is 0.325 e. The quantitative estimate of drug-likeness (QED) is 0.757. The summed E-state index contributed by atoms with van der Waals surface area (Å²) in [7, 11) is 0. The Morgan fingerprint density at radius 1 is 1.10 bits per heavy atom. The first-order chi connectivity index (χ1) is 14.4. The molecule has 6 nitrogen and oxygen atoms in total. The molecule has 1 atom stereocenters. The molecule has 7 heteroatoms. The van der Waals surface area contributed by atoms with E-state index in [4.69, 9.17) is 0 Å². The highest BCUT2D eigenvalue weighted by Gasteiger charge is 2.49. The molecule has 1 saturated carbocycles. The summed E-state index contributed by atoms with van der Waals surface area (Å²) < 4.78 is 13.3. The Labute approximate surface area is 174 Å². The van der Waals surface area contributed by atoms with E-state index in [0.29, 0.717) is 16.9 Å². The number of amides is 3. The van der Waals surface area contributed by atoms with Crippen LogP contribution in [-0.4, -0.2) is 28.7 Å². The average molecular weight is 409 g/mol. The zero-order chi connectivity index (χ0) is 21.3. The average Bonchev–Trinajstić information content (AvgIpc) is 3.23. The van der Waals surface area contributed by atoms with Gasteiger partial charge in [-0.15, -0.1) is 0 Å². The topological polar surface area (TPSA) is 78.5 Å². The molecule has 4 rings (SSSR count). The molecule has 2 aromatic carbocycles. The van der Waals surface area contributed by atoms with Gasteiger partial charge in [0.1, 0.15) is 17.8 Å². The van der Waals surface area contributed by atoms with E-state index < -0.39 is 23.2 Å². The summed E-state index contributed by atoms with van der Waals surface area (Å²) in [6, 6.07) is 12.4. The maximum Gasteiger partial charge on any atom is 0.254 e. The summed E-state index contributed by atoms with van der Waals surface area (Å²) in [5.74, 6) is -1.57. The molecule has 156 valence electrons. The molecule has 1 aliphatic carbocycles. The fourth-order valence-corrected chi connectivity index (χ4v) is 4.56. The van der Waals surface area contributed by atoms with Crippen LogP contribution in [0.1, 0.15) is 44.6 Å². The van der Waals surface area contributed by atoms with Crippen LogP contribution in [0, 0.1) is 5.82 Å². The third-order valence-corrected chi connectivity index (χ3v) is 6.02. The Bertz CT molecular complexity index is 985. The van der Waals surface area contributed by atoms with Crippen molar-refractivity contribution in [3.63, 3.8) is 0 Å². The lowest BCUT2D eigenvalue weighted by Gasteiger charge is -2.45. The molecule has 0 aromatic heterocycles. The zero-order valence-electron chi connectivity index (χ0n) is 16.8. The summed E-state index contributed by atoms with van der Waals surface area (Å²) in [5.41, 5.74) is 0.155. The van der Waals surface area contributed by atoms with Gasteiger partial charge in [0.15, 0.2) is 0 Å². The molecule has 3 amide bonds. The number of benzene rings is 2. The molecule has 2 aromatic rings. The summed E-state index contributed by atoms with van der Waals surface area (Å²) >= 11 is 0. The molecule has 2 N–H and O–H groups in total. The van der Waals surface area contributed by atoms with Crippen LogP contribution in [0.5, 0.6) is 0 Å². The van der Waals surface area contributed by atoms with Gasteiger partial charge in [0.05, 0.1) is 0 Å². The first-order valence-electron chi connectivity index (χ1n) is 10.2. The van der Waals surface area contributed by atoms with E-state index in [9.17, 15) is 18.8 Å². The number of nitrogens with one attached hydrogen (secondary N) is 2. The molecule has 0 radical (unpaired) electrons. The van der Waals surface area contributed by atoms with E-state index in [1.54, 1.807) is 36.1 Å². The van der Waals surface area contributed by atoms with Crippen molar-refractivity contribution in [1.82, 2.24) is 4.90 Å². The van der Waals surface area contributed by atoms with Crippen LogP contribution in [0.25, 0.3) is 0 Å². The summed E-state index contributed by atoms with van der Waals surface area (Å²) in [4.78, 5) is 40.9. The Balaban J connectivity index is 1.84. The van der Waals surface area contributed by atoms with E-state index in [1.807, 2.05) is 0 Å². The first kappa shape index (κ1) is 20.1. The van der Waals surface area contributed by atoms with Gasteiger partial charge in [0.2, 0.25) is 11.8 Å². The fraction of sp³-hybridized carbons (Fsp3) is 0.348. The van der Waals surface area contributed by atoms with Crippen molar-refractivity contribution < 1.29 is 18.8 Å². The number of fused-ring (bicyclic) bond motifs is 1. The van der Waals surface area contributed by atoms with Crippen molar-refractivity contribution in [3.05, 3.63) is 59.9 Å². The van der Waals surface area contributed by atoms with Crippen LogP contribution in [0.15, 0.2) is 48.5 Å². The van der Waals surface area contributed by atoms with Gasteiger partial charge >= 0.3 is 0 Å². The summed E-state index contributed by atoms with van der Waals surface area (Å²) in [6.45, 7) is 1.72. The number of hydrogen-bond donors (Lipinski definition) is 2. The minimum atomic E-state index is -1.34. The van der Waals surface area contributed by atoms with Crippen molar-refractivity contribution in [3.8, 4) is 0 Å². The van der Waals surface area contributed by atoms with Gasteiger partial charge in [0, 0.05) is 23.0 Å². The van der Waals surface area contributed by atoms with E-state index in [1.165, 1.54) is 24.3 Å². The molecule has 1 fully saturated rings. The van der Waals surface area contributed by atoms with Gasteiger partial charge in [-0.2, -0.15) is 0 Å². The Hall–Kier alpha value is -3.22. The normalized spacial score (nSPS) is 22.1. The van der Waals surface area contributed by atoms with Gasteiger partial charge in [-0.3, -0.25) is 14.4 Å². The van der Waals surface area contributed by atoms with Crippen LogP contribution >= 0.6 is 0 Å². The van der Waals surface area contributed by atoms with Crippen molar-refractivity contribution in [2.24, 2.45) is 0 Å². The minimum Gasteiger partial charge on any atom is -0.325 e. The standard InChI is InChI=1S/C23H24FN3O3/c1-23(22(30)25-16-12-10-15(24)11-13-16)18-8-4-5-9-19(18)26-20(28)14-21(29)27(23)17-6-2-3-7-17/h4-5,8-13,17H,2-3,6-7,14H2,1H3,(H,25,30)(H,26,28). The molecule has 0 spiro atoms. The predicted molar refractivity (Wildman–Crippen MR) is 111 cm³/mol. The SMILES string of the molecule is CC1(C(=O)Nc2ccc(F)cc2)c2ccccc2NC(=O)CC(=O)N1C1CCCC1. The number of halogens is 1. The van der Waals surface area contributed by atoms with Gasteiger partial charge in [-0.05, 0) is 50.1 Å². The Morgan fingerprint density at radius 2 is 1.77 bits per heavy atom. The van der Waals surface area contributed by atoms with Crippen molar-refractivity contribution >= 4 is 29.1 Å². The third-order valence-electron chi connectivity index (χ3n) is 6.02. The van der Waals surface area contributed by atoms with Crippen molar-refractivity contribution in [1.29, 1.82) is 0 Å². The van der Waals surface area contributed by atoms with Gasteiger partial charge < -0.3 is 15.5 Å². The summed E-state index contributed by atoms with van der Waals surface area (Å²) in [5, 5.41) is 5.61. The van der Waals surface area contributed by atoms with Crippen LogP contribution in [0.3, 0.4) is 0 Å². The van der Waals surface area contributed by atoms with Crippen LogP contribution in [0.4, 0.5) is 15.8 Å². The molecule has 1 aliphatic heterocycles. The number of hydrogen-bond acceptors (Lipinski definition) is 3. The number of rotatable bonds is 3. The zero-order valence-corrected chi connectivity index (χ0v) is 16.8. The Kier molecular flexibility index (Phi) is 5.28. The monoisotopic (exact) mass is 409 g/mol. The molecule has 0 saturated heterocycles. The molecule has 2 aliphatic rings. The maximum absolute atomic E-state index is 13.7. The number of para-hydroxylation sites is 1. The van der Waals surface area contributed by atoms with Gasteiger partial charge in [-0.25, -0.2) is 4.39 Å². The molecule has 1 heterocycles. The van der Waals surface area contributed by atoms with E-state index in [0.717, 1.165) is 25.7 Å². The first-order valence-corrected chi connectivity index (χ1v) is 10.2. The van der Waals surface area contributed by atoms with Crippen LogP contribution in [0.2, 0.25) is 0 Å². The third kappa shape index (κ3) is 3.56. The Morgan fingerprint density at radius 3 is 2.47 bits per heavy atom. The molecule has 30 heavy (non-hydrogen) atoms. The van der Waals surface area contributed by atoms with Crippen LogP contribution in [-0.2, 0) is 19.9 Å². The lowest BCUT2D eigenvalue weighted by atomic mass is 9.84. The smallest absolute Gasteiger partial charge is 0.254 e. The minimum absolute atomic E-state index is 0.125. The highest BCUT2D eigenvalue weighted by atomic mass is 19.1. The second kappa shape index (κ2) is 7.89. The van der Waals surface area contributed by atoms with E-state index in [-0.39, 0.29) is 18.4 Å². The highest BCUT2D eigenvalue weighted by molar-refractivity contribution is 6.09. The molecular formula is C23H24FN3O3.